The van der Waals surface area contributed by atoms with E-state index in [2.05, 4.69) is 19.2 Å². The first-order valence-corrected chi connectivity index (χ1v) is 9.54. The Hall–Kier alpha value is -0.920. The molecule has 1 aromatic rings. The third kappa shape index (κ3) is 5.09. The van der Waals surface area contributed by atoms with Gasteiger partial charge in [0.25, 0.3) is 0 Å². The summed E-state index contributed by atoms with van der Waals surface area (Å²) in [7, 11) is -0.430. The Labute approximate surface area is 132 Å². The molecule has 1 aromatic carbocycles. The average molecular weight is 332 g/mol. The molecule has 0 aliphatic carbocycles. The highest BCUT2D eigenvalue weighted by molar-refractivity contribution is 7.99. The Morgan fingerprint density at radius 1 is 1.38 bits per heavy atom. The van der Waals surface area contributed by atoms with Crippen molar-refractivity contribution in [1.82, 2.24) is 4.31 Å². The summed E-state index contributed by atoms with van der Waals surface area (Å²) in [4.78, 5) is 0.213. The number of nitrogens with two attached hydrogens (primary N) is 1. The molecule has 1 rings (SSSR count). The summed E-state index contributed by atoms with van der Waals surface area (Å²) in [5, 5.41) is 3.33. The second-order valence-electron chi connectivity index (χ2n) is 5.07. The van der Waals surface area contributed by atoms with Crippen molar-refractivity contribution in [3.63, 3.8) is 0 Å². The molecule has 7 heteroatoms. The van der Waals surface area contributed by atoms with E-state index in [-0.39, 0.29) is 4.90 Å². The number of nitrogen functional groups attached to an aromatic ring is 1. The van der Waals surface area contributed by atoms with Gasteiger partial charge in [-0.1, -0.05) is 6.92 Å². The monoisotopic (exact) mass is 331 g/mol. The minimum Gasteiger partial charge on any atom is -0.397 e. The molecule has 0 saturated heterocycles. The van der Waals surface area contributed by atoms with Gasteiger partial charge in [0.2, 0.25) is 10.0 Å². The standard InChI is InChI=1S/C14H25N3O2S2/c1-5-20-9-8-11(2)16-14-7-6-12(10-13(14)15)21(18,19)17(3)4/h6-7,10-11,16H,5,8-9,15H2,1-4H3. The fraction of sp³-hybridized carbons (Fsp3) is 0.571. The van der Waals surface area contributed by atoms with Gasteiger partial charge in [-0.3, -0.25) is 0 Å². The van der Waals surface area contributed by atoms with E-state index in [1.807, 2.05) is 11.8 Å². The normalized spacial score (nSPS) is 13.4. The van der Waals surface area contributed by atoms with Crippen LogP contribution < -0.4 is 11.1 Å². The third-order valence-electron chi connectivity index (χ3n) is 3.10. The number of rotatable bonds is 8. The van der Waals surface area contributed by atoms with E-state index in [1.54, 1.807) is 12.1 Å². The fourth-order valence-corrected chi connectivity index (χ4v) is 3.53. The van der Waals surface area contributed by atoms with Gasteiger partial charge < -0.3 is 11.1 Å². The molecular weight excluding hydrogens is 306 g/mol. The smallest absolute Gasteiger partial charge is 0.242 e. The van der Waals surface area contributed by atoms with Gasteiger partial charge in [-0.15, -0.1) is 0 Å². The van der Waals surface area contributed by atoms with Gasteiger partial charge >= 0.3 is 0 Å². The topological polar surface area (TPSA) is 75.4 Å². The van der Waals surface area contributed by atoms with Crippen LogP contribution in [0.1, 0.15) is 20.3 Å². The summed E-state index contributed by atoms with van der Waals surface area (Å²) in [5.74, 6) is 2.21. The second-order valence-corrected chi connectivity index (χ2v) is 8.61. The maximum Gasteiger partial charge on any atom is 0.242 e. The van der Waals surface area contributed by atoms with Gasteiger partial charge in [-0.25, -0.2) is 12.7 Å². The summed E-state index contributed by atoms with van der Waals surface area (Å²) in [6.45, 7) is 4.24. The number of thioether (sulfide) groups is 1. The lowest BCUT2D eigenvalue weighted by Crippen LogP contribution is -2.22. The zero-order valence-electron chi connectivity index (χ0n) is 13.1. The minimum atomic E-state index is -3.44. The lowest BCUT2D eigenvalue weighted by molar-refractivity contribution is 0.521. The maximum absolute atomic E-state index is 12.0. The summed E-state index contributed by atoms with van der Waals surface area (Å²) in [6, 6.07) is 5.12. The van der Waals surface area contributed by atoms with Crippen molar-refractivity contribution < 1.29 is 8.42 Å². The summed E-state index contributed by atoms with van der Waals surface area (Å²) < 4.78 is 25.3. The number of nitrogens with one attached hydrogen (secondary N) is 1. The molecule has 0 bridgehead atoms. The van der Waals surface area contributed by atoms with Crippen molar-refractivity contribution in [2.75, 3.05) is 36.7 Å². The molecule has 0 radical (unpaired) electrons. The van der Waals surface area contributed by atoms with Gasteiger partial charge in [-0.2, -0.15) is 11.8 Å². The molecule has 1 unspecified atom stereocenters. The van der Waals surface area contributed by atoms with E-state index >= 15 is 0 Å². The second kappa shape index (κ2) is 7.91. The molecule has 5 nitrogen and oxygen atoms in total. The van der Waals surface area contributed by atoms with Crippen LogP contribution in [-0.2, 0) is 10.0 Å². The molecule has 0 fully saturated rings. The first-order valence-electron chi connectivity index (χ1n) is 6.95. The summed E-state index contributed by atoms with van der Waals surface area (Å²) in [6.07, 6.45) is 1.04. The van der Waals surface area contributed by atoms with Crippen LogP contribution in [-0.4, -0.2) is 44.4 Å². The van der Waals surface area contributed by atoms with Crippen molar-refractivity contribution in [3.05, 3.63) is 18.2 Å². The van der Waals surface area contributed by atoms with Crippen LogP contribution in [0.3, 0.4) is 0 Å². The molecule has 0 heterocycles. The van der Waals surface area contributed by atoms with E-state index < -0.39 is 10.0 Å². The molecule has 0 aliphatic rings. The molecule has 3 N–H and O–H groups in total. The summed E-state index contributed by atoms with van der Waals surface area (Å²) in [5.41, 5.74) is 7.20. The molecule has 0 aromatic heterocycles. The number of nitrogens with zero attached hydrogens (tertiary/aromatic N) is 1. The molecule has 1 atom stereocenters. The van der Waals surface area contributed by atoms with Crippen LogP contribution >= 0.6 is 11.8 Å². The zero-order chi connectivity index (χ0) is 16.0. The highest BCUT2D eigenvalue weighted by atomic mass is 32.2. The minimum absolute atomic E-state index is 0.213. The lowest BCUT2D eigenvalue weighted by Gasteiger charge is -2.18. The van der Waals surface area contributed by atoms with Crippen molar-refractivity contribution >= 4 is 33.2 Å². The first-order chi connectivity index (χ1) is 9.78. The highest BCUT2D eigenvalue weighted by Crippen LogP contribution is 2.25. The Bertz CT molecular complexity index is 559. The Morgan fingerprint density at radius 2 is 2.05 bits per heavy atom. The Morgan fingerprint density at radius 3 is 2.57 bits per heavy atom. The van der Waals surface area contributed by atoms with Crippen molar-refractivity contribution in [1.29, 1.82) is 0 Å². The molecular formula is C14H25N3O2S2. The van der Waals surface area contributed by atoms with E-state index in [0.717, 1.165) is 23.6 Å². The first kappa shape index (κ1) is 18.1. The van der Waals surface area contributed by atoms with E-state index in [4.69, 9.17) is 5.73 Å². The van der Waals surface area contributed by atoms with Crippen LogP contribution in [0.2, 0.25) is 0 Å². The SMILES string of the molecule is CCSCCC(C)Nc1ccc(S(=O)(=O)N(C)C)cc1N. The molecule has 0 aliphatic heterocycles. The maximum atomic E-state index is 12.0. The zero-order valence-corrected chi connectivity index (χ0v) is 14.7. The summed E-state index contributed by atoms with van der Waals surface area (Å²) >= 11 is 1.90. The molecule has 120 valence electrons. The predicted octanol–water partition coefficient (Wildman–Crippen LogP) is 2.46. The largest absolute Gasteiger partial charge is 0.397 e. The molecule has 0 spiro atoms. The predicted molar refractivity (Wildman–Crippen MR) is 92.4 cm³/mol. The van der Waals surface area contributed by atoms with Gasteiger partial charge in [0, 0.05) is 20.1 Å². The van der Waals surface area contributed by atoms with Gasteiger partial charge in [-0.05, 0) is 43.0 Å². The Kier molecular flexibility index (Phi) is 6.83. The third-order valence-corrected chi connectivity index (χ3v) is 5.85. The van der Waals surface area contributed by atoms with Crippen molar-refractivity contribution in [3.8, 4) is 0 Å². The van der Waals surface area contributed by atoms with Crippen molar-refractivity contribution in [2.45, 2.75) is 31.2 Å². The molecule has 0 saturated carbocycles. The number of hydrogen-bond donors (Lipinski definition) is 2. The van der Waals surface area contributed by atoms with E-state index in [9.17, 15) is 8.42 Å². The number of anilines is 2. The number of hydrogen-bond acceptors (Lipinski definition) is 5. The number of sulfonamides is 1. The van der Waals surface area contributed by atoms with Crippen LogP contribution in [0.5, 0.6) is 0 Å². The van der Waals surface area contributed by atoms with Crippen LogP contribution in [0.4, 0.5) is 11.4 Å². The van der Waals surface area contributed by atoms with Crippen LogP contribution in [0.15, 0.2) is 23.1 Å². The Balaban J connectivity index is 2.80. The van der Waals surface area contributed by atoms with Crippen molar-refractivity contribution in [2.24, 2.45) is 0 Å². The molecule has 0 amide bonds. The number of benzene rings is 1. The van der Waals surface area contributed by atoms with E-state index in [1.165, 1.54) is 24.5 Å². The van der Waals surface area contributed by atoms with Crippen LogP contribution in [0, 0.1) is 0 Å². The average Bonchev–Trinajstić information content (AvgIpc) is 2.41. The lowest BCUT2D eigenvalue weighted by atomic mass is 10.2. The highest BCUT2D eigenvalue weighted by Gasteiger charge is 2.18. The van der Waals surface area contributed by atoms with Gasteiger partial charge in [0.1, 0.15) is 0 Å². The van der Waals surface area contributed by atoms with Gasteiger partial charge in [0.05, 0.1) is 16.3 Å². The quantitative estimate of drug-likeness (QED) is 0.565. The van der Waals surface area contributed by atoms with E-state index in [0.29, 0.717) is 11.7 Å². The van der Waals surface area contributed by atoms with Crippen LogP contribution in [0.25, 0.3) is 0 Å². The molecule has 21 heavy (non-hydrogen) atoms. The fourth-order valence-electron chi connectivity index (χ4n) is 1.79. The van der Waals surface area contributed by atoms with Gasteiger partial charge in [0.15, 0.2) is 0 Å².